The van der Waals surface area contributed by atoms with E-state index < -0.39 is 10.9 Å². The average molecular weight is 429 g/mol. The summed E-state index contributed by atoms with van der Waals surface area (Å²) in [5.74, 6) is 0.700. The van der Waals surface area contributed by atoms with E-state index in [2.05, 4.69) is 28.8 Å². The lowest BCUT2D eigenvalue weighted by molar-refractivity contribution is -0.384. The van der Waals surface area contributed by atoms with Crippen molar-refractivity contribution in [3.05, 3.63) is 39.7 Å². The predicted molar refractivity (Wildman–Crippen MR) is 116 cm³/mol. The lowest BCUT2D eigenvalue weighted by Gasteiger charge is -2.36. The minimum atomic E-state index is -0.708. The van der Waals surface area contributed by atoms with Gasteiger partial charge in [-0.25, -0.2) is 4.79 Å². The van der Waals surface area contributed by atoms with Crippen LogP contribution in [0.2, 0.25) is 0 Å². The van der Waals surface area contributed by atoms with Gasteiger partial charge in [-0.1, -0.05) is 13.8 Å². The predicted octanol–water partition coefficient (Wildman–Crippen LogP) is 2.27. The van der Waals surface area contributed by atoms with Crippen molar-refractivity contribution in [3.8, 4) is 0 Å². The van der Waals surface area contributed by atoms with E-state index in [1.54, 1.807) is 31.1 Å². The Bertz CT molecular complexity index is 972. The minimum absolute atomic E-state index is 0.00901. The third kappa shape index (κ3) is 5.36. The Kier molecular flexibility index (Phi) is 6.52. The standard InChI is InChI=1S/C20H27N7O4/c1-12-7-13(2)10-26(9-12)15-6-5-14(8-16(15)27(29)30)18(28)31-11-17-22-19(21)24-20(23-17)25(3)4/h5-6,8,12-13H,7,9-11H2,1-4H3,(H2,21,22,23,24). The number of esters is 1. The molecular formula is C20H27N7O4. The molecule has 1 aromatic heterocycles. The van der Waals surface area contributed by atoms with E-state index in [0.717, 1.165) is 19.5 Å². The summed E-state index contributed by atoms with van der Waals surface area (Å²) in [4.78, 5) is 39.5. The fourth-order valence-electron chi connectivity index (χ4n) is 3.83. The van der Waals surface area contributed by atoms with Gasteiger partial charge in [-0.3, -0.25) is 10.1 Å². The molecule has 166 valence electrons. The summed E-state index contributed by atoms with van der Waals surface area (Å²) in [6, 6.07) is 4.42. The number of nitrogens with two attached hydrogens (primary N) is 1. The lowest BCUT2D eigenvalue weighted by atomic mass is 9.91. The van der Waals surface area contributed by atoms with Gasteiger partial charge in [0.2, 0.25) is 11.9 Å². The molecule has 0 radical (unpaired) electrons. The molecular weight excluding hydrogens is 402 g/mol. The van der Waals surface area contributed by atoms with Crippen LogP contribution in [0.1, 0.15) is 36.5 Å². The number of benzene rings is 1. The number of nitro benzene ring substituents is 1. The highest BCUT2D eigenvalue weighted by Gasteiger charge is 2.28. The van der Waals surface area contributed by atoms with Crippen LogP contribution < -0.4 is 15.5 Å². The Hall–Kier alpha value is -3.50. The van der Waals surface area contributed by atoms with Gasteiger partial charge in [-0.15, -0.1) is 0 Å². The van der Waals surface area contributed by atoms with Gasteiger partial charge >= 0.3 is 5.97 Å². The van der Waals surface area contributed by atoms with Crippen molar-refractivity contribution in [2.75, 3.05) is 42.7 Å². The molecule has 11 nitrogen and oxygen atoms in total. The summed E-state index contributed by atoms with van der Waals surface area (Å²) in [7, 11) is 3.49. The van der Waals surface area contributed by atoms with E-state index in [0.29, 0.717) is 23.5 Å². The number of nitrogens with zero attached hydrogens (tertiary/aromatic N) is 6. The maximum absolute atomic E-state index is 12.5. The van der Waals surface area contributed by atoms with Crippen LogP contribution in [0.4, 0.5) is 23.3 Å². The Morgan fingerprint density at radius 2 is 1.94 bits per heavy atom. The highest BCUT2D eigenvalue weighted by molar-refractivity contribution is 5.91. The second kappa shape index (κ2) is 9.11. The van der Waals surface area contributed by atoms with Gasteiger partial charge in [0.25, 0.3) is 5.69 Å². The summed E-state index contributed by atoms with van der Waals surface area (Å²) in [6.07, 6.45) is 1.09. The molecule has 2 aromatic rings. The maximum atomic E-state index is 12.5. The van der Waals surface area contributed by atoms with Crippen LogP contribution >= 0.6 is 0 Å². The first-order valence-corrected chi connectivity index (χ1v) is 10.0. The van der Waals surface area contributed by atoms with Crippen LogP contribution in [-0.2, 0) is 11.3 Å². The highest BCUT2D eigenvalue weighted by atomic mass is 16.6. The minimum Gasteiger partial charge on any atom is -0.454 e. The van der Waals surface area contributed by atoms with Crippen LogP contribution in [-0.4, -0.2) is 53.0 Å². The molecule has 11 heteroatoms. The van der Waals surface area contributed by atoms with Crippen molar-refractivity contribution in [2.45, 2.75) is 26.9 Å². The van der Waals surface area contributed by atoms with Crippen molar-refractivity contribution in [1.82, 2.24) is 15.0 Å². The molecule has 1 aliphatic rings. The number of carbonyl (C=O) groups is 1. The monoisotopic (exact) mass is 429 g/mol. The highest BCUT2D eigenvalue weighted by Crippen LogP contribution is 2.34. The average Bonchev–Trinajstić information content (AvgIpc) is 2.70. The van der Waals surface area contributed by atoms with Crippen LogP contribution in [0.15, 0.2) is 18.2 Å². The number of anilines is 3. The summed E-state index contributed by atoms with van der Waals surface area (Å²) in [5.41, 5.74) is 6.15. The van der Waals surface area contributed by atoms with Crippen LogP contribution in [0.3, 0.4) is 0 Å². The smallest absolute Gasteiger partial charge is 0.338 e. The van der Waals surface area contributed by atoms with E-state index in [9.17, 15) is 14.9 Å². The fraction of sp³-hybridized carbons (Fsp3) is 0.500. The molecule has 0 bridgehead atoms. The largest absolute Gasteiger partial charge is 0.454 e. The summed E-state index contributed by atoms with van der Waals surface area (Å²) in [5, 5.41) is 11.7. The first-order chi connectivity index (χ1) is 14.6. The van der Waals surface area contributed by atoms with Gasteiger partial charge in [-0.05, 0) is 30.4 Å². The van der Waals surface area contributed by atoms with Gasteiger partial charge in [0, 0.05) is 33.3 Å². The van der Waals surface area contributed by atoms with Crippen LogP contribution in [0, 0.1) is 22.0 Å². The summed E-state index contributed by atoms with van der Waals surface area (Å²) >= 11 is 0. The van der Waals surface area contributed by atoms with E-state index in [4.69, 9.17) is 10.5 Å². The number of hydrogen-bond donors (Lipinski definition) is 1. The van der Waals surface area contributed by atoms with Crippen molar-refractivity contribution in [3.63, 3.8) is 0 Å². The zero-order valence-corrected chi connectivity index (χ0v) is 18.1. The van der Waals surface area contributed by atoms with E-state index in [-0.39, 0.29) is 29.6 Å². The van der Waals surface area contributed by atoms with Gasteiger partial charge in [0.05, 0.1) is 10.5 Å². The van der Waals surface area contributed by atoms with Crippen LogP contribution in [0.5, 0.6) is 0 Å². The van der Waals surface area contributed by atoms with Gasteiger partial charge in [-0.2, -0.15) is 15.0 Å². The Morgan fingerprint density at radius 1 is 1.26 bits per heavy atom. The molecule has 31 heavy (non-hydrogen) atoms. The molecule has 2 unspecified atom stereocenters. The second-order valence-electron chi connectivity index (χ2n) is 8.19. The van der Waals surface area contributed by atoms with Gasteiger partial charge < -0.3 is 20.3 Å². The van der Waals surface area contributed by atoms with Crippen molar-refractivity contribution >= 4 is 29.2 Å². The number of carbonyl (C=O) groups excluding carboxylic acids is 1. The normalized spacial score (nSPS) is 18.5. The van der Waals surface area contributed by atoms with E-state index in [1.165, 1.54) is 6.07 Å². The van der Waals surface area contributed by atoms with Crippen molar-refractivity contribution < 1.29 is 14.5 Å². The third-order valence-electron chi connectivity index (χ3n) is 5.04. The molecule has 2 N–H and O–H groups in total. The van der Waals surface area contributed by atoms with Crippen molar-refractivity contribution in [1.29, 1.82) is 0 Å². The molecule has 0 spiro atoms. The Morgan fingerprint density at radius 3 is 2.55 bits per heavy atom. The SMILES string of the molecule is CC1CC(C)CN(c2ccc(C(=O)OCc3nc(N)nc(N(C)C)n3)cc2[N+](=O)[O-])C1. The first-order valence-electron chi connectivity index (χ1n) is 10.0. The summed E-state index contributed by atoms with van der Waals surface area (Å²) in [6.45, 7) is 5.52. The third-order valence-corrected chi connectivity index (χ3v) is 5.04. The zero-order valence-electron chi connectivity index (χ0n) is 18.1. The molecule has 0 amide bonds. The zero-order chi connectivity index (χ0) is 22.7. The first kappa shape index (κ1) is 22.2. The second-order valence-corrected chi connectivity index (χ2v) is 8.19. The molecule has 3 rings (SSSR count). The van der Waals surface area contributed by atoms with E-state index in [1.807, 2.05) is 4.90 Å². The molecule has 1 aliphatic heterocycles. The van der Waals surface area contributed by atoms with Crippen LogP contribution in [0.25, 0.3) is 0 Å². The van der Waals surface area contributed by atoms with Gasteiger partial charge in [0.15, 0.2) is 12.4 Å². The summed E-state index contributed by atoms with van der Waals surface area (Å²) < 4.78 is 5.26. The van der Waals surface area contributed by atoms with E-state index >= 15 is 0 Å². The number of rotatable bonds is 6. The fourth-order valence-corrected chi connectivity index (χ4v) is 3.83. The van der Waals surface area contributed by atoms with Crippen molar-refractivity contribution in [2.24, 2.45) is 11.8 Å². The molecule has 2 atom stereocenters. The lowest BCUT2D eigenvalue weighted by Crippen LogP contribution is -2.39. The topological polar surface area (TPSA) is 141 Å². The molecule has 1 saturated heterocycles. The number of piperidine rings is 1. The quantitative estimate of drug-likeness (QED) is 0.413. The number of ether oxygens (including phenoxy) is 1. The molecule has 0 saturated carbocycles. The molecule has 2 heterocycles. The number of hydrogen-bond acceptors (Lipinski definition) is 10. The maximum Gasteiger partial charge on any atom is 0.338 e. The molecule has 1 fully saturated rings. The number of aromatic nitrogens is 3. The number of nitrogen functional groups attached to an aromatic ring is 1. The molecule has 0 aliphatic carbocycles. The Labute approximate surface area is 180 Å². The number of nitro groups is 1. The van der Waals surface area contributed by atoms with Gasteiger partial charge in [0.1, 0.15) is 5.69 Å². The molecule has 1 aromatic carbocycles. The Balaban J connectivity index is 1.78.